The van der Waals surface area contributed by atoms with E-state index in [1.54, 1.807) is 23.5 Å². The van der Waals surface area contributed by atoms with Gasteiger partial charge in [0.05, 0.1) is 31.9 Å². The quantitative estimate of drug-likeness (QED) is 0.836. The number of aryl methyl sites for hydroxylation is 1. The zero-order valence-corrected chi connectivity index (χ0v) is 14.5. The standard InChI is InChI=1S/C17H20N2O4S/c1-11-8-19-16(24-11)12-5-13(17(20)21-2)7-15(6-12)23-10-14-9-22-4-3-18-14/h5-8,14,18H,3-4,9-10H2,1-2H3/t14-/m0/s1. The first-order valence-electron chi connectivity index (χ1n) is 7.76. The number of methoxy groups -OCH3 is 1. The lowest BCUT2D eigenvalue weighted by Crippen LogP contribution is -2.44. The van der Waals surface area contributed by atoms with Crippen molar-refractivity contribution in [2.75, 3.05) is 33.5 Å². The van der Waals surface area contributed by atoms with Crippen molar-refractivity contribution in [1.82, 2.24) is 10.3 Å². The monoisotopic (exact) mass is 348 g/mol. The number of aromatic nitrogens is 1. The number of nitrogens with zero attached hydrogens (tertiary/aromatic N) is 1. The van der Waals surface area contributed by atoms with Gasteiger partial charge in [-0.15, -0.1) is 11.3 Å². The number of hydrogen-bond acceptors (Lipinski definition) is 7. The summed E-state index contributed by atoms with van der Waals surface area (Å²) in [6.07, 6.45) is 1.81. The molecule has 0 aliphatic carbocycles. The van der Waals surface area contributed by atoms with Crippen LogP contribution in [0, 0.1) is 6.92 Å². The Labute approximate surface area is 144 Å². The Morgan fingerprint density at radius 2 is 2.33 bits per heavy atom. The van der Waals surface area contributed by atoms with Crippen molar-refractivity contribution in [3.63, 3.8) is 0 Å². The van der Waals surface area contributed by atoms with Gasteiger partial charge in [-0.1, -0.05) is 0 Å². The second-order valence-corrected chi connectivity index (χ2v) is 6.79. The second kappa shape index (κ2) is 7.74. The summed E-state index contributed by atoms with van der Waals surface area (Å²) in [4.78, 5) is 17.4. The number of thiazole rings is 1. The summed E-state index contributed by atoms with van der Waals surface area (Å²) >= 11 is 1.57. The molecule has 6 nitrogen and oxygen atoms in total. The van der Waals surface area contributed by atoms with E-state index in [1.807, 2.05) is 19.2 Å². The SMILES string of the molecule is COC(=O)c1cc(OC[C@@H]2COCCN2)cc(-c2ncc(C)s2)c1. The van der Waals surface area contributed by atoms with Gasteiger partial charge in [0.15, 0.2) is 0 Å². The van der Waals surface area contributed by atoms with E-state index in [-0.39, 0.29) is 6.04 Å². The molecule has 0 bridgehead atoms. The van der Waals surface area contributed by atoms with Crippen LogP contribution in [0.4, 0.5) is 0 Å². The van der Waals surface area contributed by atoms with E-state index in [0.29, 0.717) is 24.5 Å². The maximum absolute atomic E-state index is 11.9. The Balaban J connectivity index is 1.82. The van der Waals surface area contributed by atoms with Gasteiger partial charge < -0.3 is 19.5 Å². The fraction of sp³-hybridized carbons (Fsp3) is 0.412. The number of carbonyl (C=O) groups is 1. The van der Waals surface area contributed by atoms with E-state index in [2.05, 4.69) is 10.3 Å². The minimum atomic E-state index is -0.394. The zero-order chi connectivity index (χ0) is 16.9. The van der Waals surface area contributed by atoms with Crippen LogP contribution < -0.4 is 10.1 Å². The van der Waals surface area contributed by atoms with Gasteiger partial charge in [-0.05, 0) is 25.1 Å². The van der Waals surface area contributed by atoms with Crippen LogP contribution in [0.25, 0.3) is 10.6 Å². The van der Waals surface area contributed by atoms with Crippen LogP contribution in [0.3, 0.4) is 0 Å². The highest BCUT2D eigenvalue weighted by molar-refractivity contribution is 7.14. The van der Waals surface area contributed by atoms with Crippen LogP contribution in [0.5, 0.6) is 5.75 Å². The molecule has 0 amide bonds. The lowest BCUT2D eigenvalue weighted by molar-refractivity contribution is 0.0583. The third-order valence-corrected chi connectivity index (χ3v) is 4.61. The van der Waals surface area contributed by atoms with Crippen LogP contribution in [-0.4, -0.2) is 50.5 Å². The summed E-state index contributed by atoms with van der Waals surface area (Å²) in [5, 5.41) is 4.18. The molecule has 7 heteroatoms. The third kappa shape index (κ3) is 4.11. The molecule has 2 heterocycles. The molecule has 0 saturated carbocycles. The summed E-state index contributed by atoms with van der Waals surface area (Å²) < 4.78 is 16.1. The van der Waals surface area contributed by atoms with Crippen LogP contribution in [0.1, 0.15) is 15.2 Å². The fourth-order valence-electron chi connectivity index (χ4n) is 2.45. The van der Waals surface area contributed by atoms with Gasteiger partial charge in [0, 0.05) is 23.2 Å². The highest BCUT2D eigenvalue weighted by atomic mass is 32.1. The van der Waals surface area contributed by atoms with Gasteiger partial charge in [0.1, 0.15) is 17.4 Å². The molecular weight excluding hydrogens is 328 g/mol. The smallest absolute Gasteiger partial charge is 0.338 e. The van der Waals surface area contributed by atoms with Crippen molar-refractivity contribution >= 4 is 17.3 Å². The summed E-state index contributed by atoms with van der Waals surface area (Å²) in [6.45, 7) is 4.63. The van der Waals surface area contributed by atoms with E-state index < -0.39 is 5.97 Å². The summed E-state index contributed by atoms with van der Waals surface area (Å²) in [6, 6.07) is 5.51. The molecule has 1 aliphatic rings. The van der Waals surface area contributed by atoms with Gasteiger partial charge >= 0.3 is 5.97 Å². The Hall–Kier alpha value is -1.96. The average Bonchev–Trinajstić information content (AvgIpc) is 3.06. The van der Waals surface area contributed by atoms with Crippen LogP contribution >= 0.6 is 11.3 Å². The molecule has 24 heavy (non-hydrogen) atoms. The minimum absolute atomic E-state index is 0.145. The van der Waals surface area contributed by atoms with Crippen molar-refractivity contribution < 1.29 is 19.0 Å². The van der Waals surface area contributed by atoms with Crippen molar-refractivity contribution in [2.24, 2.45) is 0 Å². The zero-order valence-electron chi connectivity index (χ0n) is 13.7. The first kappa shape index (κ1) is 16.9. The molecular formula is C17H20N2O4S. The van der Waals surface area contributed by atoms with E-state index in [9.17, 15) is 4.79 Å². The predicted molar refractivity (Wildman–Crippen MR) is 91.7 cm³/mol. The number of ether oxygens (including phenoxy) is 3. The highest BCUT2D eigenvalue weighted by Crippen LogP contribution is 2.29. The molecule has 1 aromatic carbocycles. The first-order valence-corrected chi connectivity index (χ1v) is 8.57. The van der Waals surface area contributed by atoms with Gasteiger partial charge in [0.25, 0.3) is 0 Å². The minimum Gasteiger partial charge on any atom is -0.492 e. The van der Waals surface area contributed by atoms with E-state index >= 15 is 0 Å². The lowest BCUT2D eigenvalue weighted by atomic mass is 10.1. The van der Waals surface area contributed by atoms with Crippen molar-refractivity contribution in [1.29, 1.82) is 0 Å². The fourth-order valence-corrected chi connectivity index (χ4v) is 3.20. The molecule has 1 N–H and O–H groups in total. The average molecular weight is 348 g/mol. The number of hydrogen-bond donors (Lipinski definition) is 1. The Morgan fingerprint density at radius 1 is 1.46 bits per heavy atom. The molecule has 128 valence electrons. The number of carbonyl (C=O) groups excluding carboxylic acids is 1. The molecule has 1 atom stereocenters. The highest BCUT2D eigenvalue weighted by Gasteiger charge is 2.16. The molecule has 1 aromatic heterocycles. The Kier molecular flexibility index (Phi) is 5.44. The van der Waals surface area contributed by atoms with Crippen LogP contribution in [0.2, 0.25) is 0 Å². The lowest BCUT2D eigenvalue weighted by Gasteiger charge is -2.24. The van der Waals surface area contributed by atoms with E-state index in [1.165, 1.54) is 7.11 Å². The van der Waals surface area contributed by atoms with Crippen LogP contribution in [-0.2, 0) is 9.47 Å². The topological polar surface area (TPSA) is 69.7 Å². The predicted octanol–water partition coefficient (Wildman–Crippen LogP) is 2.27. The molecule has 3 rings (SSSR count). The molecule has 1 fully saturated rings. The summed E-state index contributed by atoms with van der Waals surface area (Å²) in [5.74, 6) is 0.224. The van der Waals surface area contributed by atoms with Crippen LogP contribution in [0.15, 0.2) is 24.4 Å². The largest absolute Gasteiger partial charge is 0.492 e. The maximum atomic E-state index is 11.9. The van der Waals surface area contributed by atoms with E-state index in [4.69, 9.17) is 14.2 Å². The second-order valence-electron chi connectivity index (χ2n) is 5.55. The molecule has 1 saturated heterocycles. The van der Waals surface area contributed by atoms with Gasteiger partial charge in [-0.2, -0.15) is 0 Å². The number of esters is 1. The van der Waals surface area contributed by atoms with Crippen molar-refractivity contribution in [3.05, 3.63) is 34.8 Å². The number of morpholine rings is 1. The van der Waals surface area contributed by atoms with E-state index in [0.717, 1.165) is 28.6 Å². The Bertz CT molecular complexity index is 710. The molecule has 0 unspecified atom stereocenters. The first-order chi connectivity index (χ1) is 11.7. The molecule has 1 aliphatic heterocycles. The maximum Gasteiger partial charge on any atom is 0.338 e. The van der Waals surface area contributed by atoms with Gasteiger partial charge in [-0.3, -0.25) is 0 Å². The number of nitrogens with one attached hydrogen (secondary N) is 1. The molecule has 0 radical (unpaired) electrons. The molecule has 2 aromatic rings. The number of rotatable bonds is 5. The third-order valence-electron chi connectivity index (χ3n) is 3.65. The Morgan fingerprint density at radius 3 is 3.00 bits per heavy atom. The van der Waals surface area contributed by atoms with Crippen molar-refractivity contribution in [2.45, 2.75) is 13.0 Å². The summed E-state index contributed by atoms with van der Waals surface area (Å²) in [7, 11) is 1.37. The molecule has 0 spiro atoms. The summed E-state index contributed by atoms with van der Waals surface area (Å²) in [5.41, 5.74) is 1.30. The normalized spacial score (nSPS) is 17.5. The van der Waals surface area contributed by atoms with Gasteiger partial charge in [0.2, 0.25) is 0 Å². The van der Waals surface area contributed by atoms with Gasteiger partial charge in [-0.25, -0.2) is 9.78 Å². The van der Waals surface area contributed by atoms with Crippen molar-refractivity contribution in [3.8, 4) is 16.3 Å². The number of benzene rings is 1.